The van der Waals surface area contributed by atoms with Crippen molar-refractivity contribution in [2.75, 3.05) is 0 Å². The van der Waals surface area contributed by atoms with Gasteiger partial charge in [-0.3, -0.25) is 0 Å². The van der Waals surface area contributed by atoms with Crippen LogP contribution in [-0.2, 0) is 0 Å². The van der Waals surface area contributed by atoms with E-state index in [1.165, 1.54) is 0 Å². The minimum atomic E-state index is -4.97. The van der Waals surface area contributed by atoms with Crippen LogP contribution < -0.4 is 0 Å². The smallest absolute Gasteiger partial charge is 0.356 e. The van der Waals surface area contributed by atoms with Crippen molar-refractivity contribution in [3.05, 3.63) is 23.0 Å². The van der Waals surface area contributed by atoms with Gasteiger partial charge in [0.05, 0.1) is 11.3 Å². The van der Waals surface area contributed by atoms with Crippen LogP contribution in [0.15, 0.2) is 33.3 Å². The van der Waals surface area contributed by atoms with Crippen LogP contribution in [0.1, 0.15) is 0 Å². The number of hydrogen-bond acceptors (Lipinski definition) is 3. The second-order valence-electron chi connectivity index (χ2n) is 3.05. The van der Waals surface area contributed by atoms with Gasteiger partial charge in [-0.2, -0.15) is 18.3 Å². The third-order valence-electron chi connectivity index (χ3n) is 2.04. The Hall–Kier alpha value is -1.31. The molecule has 1 heterocycles. The summed E-state index contributed by atoms with van der Waals surface area (Å²) in [5.74, 6) is -3.70. The van der Waals surface area contributed by atoms with Crippen molar-refractivity contribution in [2.45, 2.75) is 18.2 Å². The van der Waals surface area contributed by atoms with Gasteiger partial charge in [-0.1, -0.05) is 0 Å². The van der Waals surface area contributed by atoms with Gasteiger partial charge in [0.15, 0.2) is 11.9 Å². The molecule has 0 aromatic carbocycles. The maximum atomic E-state index is 13.2. The van der Waals surface area contributed by atoms with Crippen LogP contribution in [-0.4, -0.2) is 23.3 Å². The Morgan fingerprint density at radius 2 is 1.93 bits per heavy atom. The molecule has 0 amide bonds. The summed E-state index contributed by atoms with van der Waals surface area (Å²) < 4.78 is 62.7. The van der Waals surface area contributed by atoms with Gasteiger partial charge in [0.2, 0.25) is 0 Å². The molecule has 2 rings (SSSR count). The van der Waals surface area contributed by atoms with Crippen LogP contribution in [0.3, 0.4) is 0 Å². The van der Waals surface area contributed by atoms with Gasteiger partial charge in [-0.05, 0) is 6.08 Å². The zero-order valence-electron chi connectivity index (χ0n) is 6.89. The number of alkyl halides is 5. The molecule has 1 N–H and O–H groups in total. The van der Waals surface area contributed by atoms with E-state index in [4.69, 9.17) is 5.11 Å². The highest BCUT2D eigenvalue weighted by Crippen LogP contribution is 2.48. The second kappa shape index (κ2) is 2.63. The fourth-order valence-corrected chi connectivity index (χ4v) is 1.37. The molecule has 0 bridgehead atoms. The fourth-order valence-electron chi connectivity index (χ4n) is 1.37. The van der Waals surface area contributed by atoms with Gasteiger partial charge in [0, 0.05) is 0 Å². The molecular formula is C7H3F5N2O. The average Bonchev–Trinajstić information content (AvgIpc) is 2.54. The quantitative estimate of drug-likeness (QED) is 0.632. The molecule has 8 heteroatoms. The Bertz CT molecular complexity index is 406. The van der Waals surface area contributed by atoms with E-state index in [1.54, 1.807) is 0 Å². The minimum Gasteiger partial charge on any atom is -0.356 e. The number of rotatable bonds is 0. The molecule has 0 aromatic rings. The molecule has 0 aromatic heterocycles. The third kappa shape index (κ3) is 1.28. The summed E-state index contributed by atoms with van der Waals surface area (Å²) in [6.07, 6.45) is -7.07. The lowest BCUT2D eigenvalue weighted by atomic mass is 10.1. The van der Waals surface area contributed by atoms with Crippen molar-refractivity contribution in [2.24, 2.45) is 10.2 Å². The minimum absolute atomic E-state index is 0.456. The molecule has 2 aliphatic rings. The van der Waals surface area contributed by atoms with E-state index in [0.29, 0.717) is 6.08 Å². The van der Waals surface area contributed by atoms with Gasteiger partial charge in [-0.15, -0.1) is 5.11 Å². The van der Waals surface area contributed by atoms with Crippen LogP contribution in [0.4, 0.5) is 22.0 Å². The highest BCUT2D eigenvalue weighted by Gasteiger charge is 2.55. The van der Waals surface area contributed by atoms with Gasteiger partial charge in [0.25, 0.3) is 5.85 Å². The van der Waals surface area contributed by atoms with Crippen LogP contribution in [0, 0.1) is 0 Å². The van der Waals surface area contributed by atoms with Gasteiger partial charge >= 0.3 is 6.18 Å². The number of fused-ring (bicyclic) bond motifs is 1. The third-order valence-corrected chi connectivity index (χ3v) is 2.04. The molecule has 0 saturated heterocycles. The maximum absolute atomic E-state index is 13.2. The van der Waals surface area contributed by atoms with E-state index in [-0.39, 0.29) is 0 Å². The topological polar surface area (TPSA) is 45.0 Å². The van der Waals surface area contributed by atoms with Crippen LogP contribution >= 0.6 is 0 Å². The summed E-state index contributed by atoms with van der Waals surface area (Å²) >= 11 is 0. The summed E-state index contributed by atoms with van der Waals surface area (Å²) in [5, 5.41) is 14.5. The van der Waals surface area contributed by atoms with Crippen molar-refractivity contribution in [1.82, 2.24) is 0 Å². The largest absolute Gasteiger partial charge is 0.435 e. The Kier molecular flexibility index (Phi) is 1.79. The van der Waals surface area contributed by atoms with Crippen LogP contribution in [0.25, 0.3) is 0 Å². The molecule has 2 unspecified atom stereocenters. The average molecular weight is 226 g/mol. The van der Waals surface area contributed by atoms with E-state index in [1.807, 2.05) is 0 Å². The number of aliphatic hydroxyl groups is 1. The van der Waals surface area contributed by atoms with Crippen LogP contribution in [0.2, 0.25) is 0 Å². The number of azo groups is 1. The number of allylic oxidation sites excluding steroid dienone is 1. The molecule has 15 heavy (non-hydrogen) atoms. The van der Waals surface area contributed by atoms with Crippen molar-refractivity contribution in [3.63, 3.8) is 0 Å². The Balaban J connectivity index is 2.59. The van der Waals surface area contributed by atoms with Crippen molar-refractivity contribution in [3.8, 4) is 0 Å². The first-order valence-corrected chi connectivity index (χ1v) is 3.76. The Morgan fingerprint density at radius 3 is 2.47 bits per heavy atom. The monoisotopic (exact) mass is 226 g/mol. The Morgan fingerprint density at radius 1 is 1.33 bits per heavy atom. The van der Waals surface area contributed by atoms with E-state index in [9.17, 15) is 22.0 Å². The summed E-state index contributed by atoms with van der Waals surface area (Å²) in [5.41, 5.74) is -3.55. The molecular weight excluding hydrogens is 223 g/mol. The number of hydrogen-bond donors (Lipinski definition) is 1. The molecule has 2 atom stereocenters. The number of nitrogens with zero attached hydrogens (tertiary/aromatic N) is 2. The first-order valence-electron chi connectivity index (χ1n) is 3.76. The van der Waals surface area contributed by atoms with Crippen molar-refractivity contribution < 1.29 is 27.1 Å². The molecule has 82 valence electrons. The van der Waals surface area contributed by atoms with E-state index in [2.05, 4.69) is 10.2 Å². The molecule has 0 saturated carbocycles. The summed E-state index contributed by atoms with van der Waals surface area (Å²) in [4.78, 5) is 0. The molecule has 3 nitrogen and oxygen atoms in total. The molecule has 0 radical (unpaired) electrons. The van der Waals surface area contributed by atoms with Gasteiger partial charge in [-0.25, -0.2) is 8.78 Å². The lowest BCUT2D eigenvalue weighted by Gasteiger charge is -2.17. The highest BCUT2D eigenvalue weighted by atomic mass is 19.4. The molecule has 0 fully saturated rings. The number of halogens is 5. The molecule has 1 aliphatic heterocycles. The first kappa shape index (κ1) is 10.2. The SMILES string of the molecule is OC1(F)C2=C(C(F)(F)F)N=NC2=CC1F. The summed E-state index contributed by atoms with van der Waals surface area (Å²) in [6.45, 7) is 0. The van der Waals surface area contributed by atoms with E-state index in [0.717, 1.165) is 0 Å². The zero-order valence-corrected chi connectivity index (χ0v) is 6.89. The van der Waals surface area contributed by atoms with E-state index >= 15 is 0 Å². The lowest BCUT2D eigenvalue weighted by Crippen LogP contribution is -2.33. The Labute approximate surface area is 79.6 Å². The maximum Gasteiger partial charge on any atom is 0.435 e. The van der Waals surface area contributed by atoms with E-state index < -0.39 is 35.2 Å². The highest BCUT2D eigenvalue weighted by molar-refractivity contribution is 5.50. The normalized spacial score (nSPS) is 34.8. The first-order chi connectivity index (χ1) is 6.74. The lowest BCUT2D eigenvalue weighted by molar-refractivity contribution is -0.110. The van der Waals surface area contributed by atoms with Gasteiger partial charge in [0.1, 0.15) is 0 Å². The second-order valence-corrected chi connectivity index (χ2v) is 3.05. The fraction of sp³-hybridized carbons (Fsp3) is 0.429. The summed E-state index contributed by atoms with van der Waals surface area (Å²) in [6, 6.07) is 0. The predicted molar refractivity (Wildman–Crippen MR) is 37.0 cm³/mol. The van der Waals surface area contributed by atoms with Crippen molar-refractivity contribution >= 4 is 0 Å². The zero-order chi connectivity index (χ0) is 11.4. The standard InChI is InChI=1S/C7H3F5N2O/c8-3-1-2-4(6(3,9)15)5(14-13-2)7(10,11)12/h1,3,15H. The predicted octanol–water partition coefficient (Wildman–Crippen LogP) is 2.16. The summed E-state index contributed by atoms with van der Waals surface area (Å²) in [7, 11) is 0. The molecule has 0 spiro atoms. The molecule has 1 aliphatic carbocycles. The van der Waals surface area contributed by atoms with Gasteiger partial charge < -0.3 is 5.11 Å². The van der Waals surface area contributed by atoms with Crippen LogP contribution in [0.5, 0.6) is 0 Å². The van der Waals surface area contributed by atoms with Crippen molar-refractivity contribution in [1.29, 1.82) is 0 Å².